The summed E-state index contributed by atoms with van der Waals surface area (Å²) in [6.45, 7) is 2.15. The van der Waals surface area contributed by atoms with Crippen LogP contribution in [-0.4, -0.2) is 24.0 Å². The number of hydrogen-bond acceptors (Lipinski definition) is 4. The number of anilines is 1. The topological polar surface area (TPSA) is 90.0 Å². The van der Waals surface area contributed by atoms with Crippen molar-refractivity contribution in [1.82, 2.24) is 14.3 Å². The van der Waals surface area contributed by atoms with Crippen LogP contribution in [0.5, 0.6) is 0 Å². The van der Waals surface area contributed by atoms with Crippen LogP contribution in [0.15, 0.2) is 41.8 Å². The van der Waals surface area contributed by atoms with Gasteiger partial charge in [0.15, 0.2) is 0 Å². The van der Waals surface area contributed by atoms with Gasteiger partial charge in [-0.05, 0) is 25.1 Å². The van der Waals surface area contributed by atoms with Crippen molar-refractivity contribution in [2.24, 2.45) is 0 Å². The summed E-state index contributed by atoms with van der Waals surface area (Å²) in [4.78, 5) is 3.75. The Morgan fingerprint density at radius 1 is 1.50 bits per heavy atom. The Kier molecular flexibility index (Phi) is 4.05. The molecule has 108 valence electrons. The van der Waals surface area contributed by atoms with E-state index < -0.39 is 15.8 Å². The van der Waals surface area contributed by atoms with Crippen molar-refractivity contribution in [3.05, 3.63) is 42.7 Å². The summed E-state index contributed by atoms with van der Waals surface area (Å²) in [5.41, 5.74) is 5.43. The van der Waals surface area contributed by atoms with E-state index in [0.717, 1.165) is 18.2 Å². The van der Waals surface area contributed by atoms with Crippen molar-refractivity contribution in [2.75, 3.05) is 5.73 Å². The lowest BCUT2D eigenvalue weighted by Gasteiger charge is -2.15. The lowest BCUT2D eigenvalue weighted by Crippen LogP contribution is -2.35. The molecular formula is C12H15FN4O2S. The molecule has 1 aromatic carbocycles. The highest BCUT2D eigenvalue weighted by Gasteiger charge is 2.20. The zero-order valence-electron chi connectivity index (χ0n) is 10.8. The van der Waals surface area contributed by atoms with E-state index in [1.54, 1.807) is 30.2 Å². The van der Waals surface area contributed by atoms with Crippen LogP contribution in [-0.2, 0) is 16.6 Å². The third kappa shape index (κ3) is 3.34. The Balaban J connectivity index is 2.14. The molecule has 0 fully saturated rings. The first-order chi connectivity index (χ1) is 9.38. The fourth-order valence-electron chi connectivity index (χ4n) is 1.84. The number of nitrogens with zero attached hydrogens (tertiary/aromatic N) is 2. The number of benzene rings is 1. The first-order valence-electron chi connectivity index (χ1n) is 5.91. The van der Waals surface area contributed by atoms with Gasteiger partial charge in [-0.1, -0.05) is 0 Å². The monoisotopic (exact) mass is 298 g/mol. The number of sulfonamides is 1. The van der Waals surface area contributed by atoms with Crippen LogP contribution >= 0.6 is 0 Å². The summed E-state index contributed by atoms with van der Waals surface area (Å²) in [6.07, 6.45) is 4.94. The molecule has 0 saturated heterocycles. The number of nitrogens with one attached hydrogen (secondary N) is 1. The van der Waals surface area contributed by atoms with Crippen LogP contribution in [0.3, 0.4) is 0 Å². The third-order valence-electron chi connectivity index (χ3n) is 2.66. The molecule has 6 nitrogen and oxygen atoms in total. The van der Waals surface area contributed by atoms with Gasteiger partial charge in [0.2, 0.25) is 10.0 Å². The molecule has 1 heterocycles. The first kappa shape index (κ1) is 14.5. The highest BCUT2D eigenvalue weighted by molar-refractivity contribution is 7.89. The van der Waals surface area contributed by atoms with Crippen LogP contribution in [0, 0.1) is 5.82 Å². The fourth-order valence-corrected chi connectivity index (χ4v) is 3.19. The molecular weight excluding hydrogens is 283 g/mol. The molecule has 0 saturated carbocycles. The lowest BCUT2D eigenvalue weighted by molar-refractivity contribution is 0.520. The zero-order valence-corrected chi connectivity index (χ0v) is 11.6. The maximum Gasteiger partial charge on any atom is 0.242 e. The van der Waals surface area contributed by atoms with E-state index in [2.05, 4.69) is 9.71 Å². The van der Waals surface area contributed by atoms with Crippen LogP contribution in [0.1, 0.15) is 6.92 Å². The van der Waals surface area contributed by atoms with Crippen molar-refractivity contribution in [3.63, 3.8) is 0 Å². The molecule has 1 aromatic heterocycles. The molecule has 1 unspecified atom stereocenters. The normalized spacial score (nSPS) is 13.3. The summed E-state index contributed by atoms with van der Waals surface area (Å²) in [6, 6.07) is 2.83. The first-order valence-corrected chi connectivity index (χ1v) is 7.40. The van der Waals surface area contributed by atoms with E-state index in [0.29, 0.717) is 6.54 Å². The molecule has 1 atom stereocenters. The van der Waals surface area contributed by atoms with Crippen molar-refractivity contribution in [1.29, 1.82) is 0 Å². The number of hydrogen-bond donors (Lipinski definition) is 2. The van der Waals surface area contributed by atoms with Gasteiger partial charge in [0, 0.05) is 25.0 Å². The van der Waals surface area contributed by atoms with E-state index in [1.807, 2.05) is 0 Å². The van der Waals surface area contributed by atoms with Gasteiger partial charge in [-0.3, -0.25) is 0 Å². The Morgan fingerprint density at radius 3 is 2.85 bits per heavy atom. The van der Waals surface area contributed by atoms with E-state index in [-0.39, 0.29) is 16.6 Å². The van der Waals surface area contributed by atoms with Gasteiger partial charge >= 0.3 is 0 Å². The van der Waals surface area contributed by atoms with Crippen LogP contribution in [0.2, 0.25) is 0 Å². The summed E-state index contributed by atoms with van der Waals surface area (Å²) in [7, 11) is -3.79. The number of rotatable bonds is 5. The largest absolute Gasteiger partial charge is 0.398 e. The number of halogens is 1. The van der Waals surface area contributed by atoms with Gasteiger partial charge in [0.1, 0.15) is 10.7 Å². The Bertz CT molecular complexity index is 685. The molecule has 0 aliphatic carbocycles. The lowest BCUT2D eigenvalue weighted by atomic mass is 10.3. The highest BCUT2D eigenvalue weighted by atomic mass is 32.2. The number of nitrogen functional groups attached to an aromatic ring is 1. The minimum absolute atomic E-state index is 0.118. The van der Waals surface area contributed by atoms with E-state index in [1.165, 1.54) is 0 Å². The summed E-state index contributed by atoms with van der Waals surface area (Å²) in [5.74, 6) is -0.576. The Morgan fingerprint density at radius 2 is 2.25 bits per heavy atom. The van der Waals surface area contributed by atoms with Crippen LogP contribution < -0.4 is 10.5 Å². The molecule has 3 N–H and O–H groups in total. The van der Waals surface area contributed by atoms with Gasteiger partial charge in [-0.15, -0.1) is 0 Å². The predicted molar refractivity (Wildman–Crippen MR) is 72.8 cm³/mol. The standard InChI is InChI=1S/C12H15FN4O2S/c1-9(7-17-5-4-15-8-17)16-20(18,19)12-3-2-10(13)6-11(12)14/h2-6,8-9,16H,7,14H2,1H3. The number of aromatic nitrogens is 2. The molecule has 0 aliphatic heterocycles. The fraction of sp³-hybridized carbons (Fsp3) is 0.250. The average molecular weight is 298 g/mol. The molecule has 0 aliphatic rings. The molecule has 0 amide bonds. The summed E-state index contributed by atoms with van der Waals surface area (Å²) >= 11 is 0. The van der Waals surface area contributed by atoms with Gasteiger partial charge in [0.25, 0.3) is 0 Å². The minimum atomic E-state index is -3.79. The van der Waals surface area contributed by atoms with Crippen LogP contribution in [0.25, 0.3) is 0 Å². The highest BCUT2D eigenvalue weighted by Crippen LogP contribution is 2.19. The third-order valence-corrected chi connectivity index (χ3v) is 4.33. The maximum atomic E-state index is 12.9. The smallest absolute Gasteiger partial charge is 0.242 e. The van der Waals surface area contributed by atoms with E-state index >= 15 is 0 Å². The molecule has 2 rings (SSSR count). The summed E-state index contributed by atoms with van der Waals surface area (Å²) < 4.78 is 41.5. The van der Waals surface area contributed by atoms with E-state index in [9.17, 15) is 12.8 Å². The summed E-state index contributed by atoms with van der Waals surface area (Å²) in [5, 5.41) is 0. The van der Waals surface area contributed by atoms with Crippen molar-refractivity contribution in [2.45, 2.75) is 24.4 Å². The minimum Gasteiger partial charge on any atom is -0.398 e. The van der Waals surface area contributed by atoms with Crippen LogP contribution in [0.4, 0.5) is 10.1 Å². The zero-order chi connectivity index (χ0) is 14.8. The molecule has 2 aromatic rings. The van der Waals surface area contributed by atoms with Crippen molar-refractivity contribution in [3.8, 4) is 0 Å². The molecule has 0 spiro atoms. The molecule has 20 heavy (non-hydrogen) atoms. The maximum absolute atomic E-state index is 12.9. The second-order valence-corrected chi connectivity index (χ2v) is 6.15. The SMILES string of the molecule is CC(Cn1ccnc1)NS(=O)(=O)c1ccc(F)cc1N. The molecule has 0 bridgehead atoms. The van der Waals surface area contributed by atoms with Gasteiger partial charge in [-0.25, -0.2) is 22.5 Å². The van der Waals surface area contributed by atoms with Crippen molar-refractivity contribution >= 4 is 15.7 Å². The van der Waals surface area contributed by atoms with Gasteiger partial charge in [0.05, 0.1) is 12.0 Å². The Labute approximate surface area is 116 Å². The second-order valence-electron chi connectivity index (χ2n) is 4.46. The Hall–Kier alpha value is -1.93. The number of nitrogens with two attached hydrogens (primary N) is 1. The van der Waals surface area contributed by atoms with Gasteiger partial charge in [-0.2, -0.15) is 0 Å². The van der Waals surface area contributed by atoms with Crippen molar-refractivity contribution < 1.29 is 12.8 Å². The average Bonchev–Trinajstić information content (AvgIpc) is 2.79. The number of imidazole rings is 1. The second kappa shape index (κ2) is 5.59. The van der Waals surface area contributed by atoms with Gasteiger partial charge < -0.3 is 10.3 Å². The molecule has 0 radical (unpaired) electrons. The van der Waals surface area contributed by atoms with E-state index in [4.69, 9.17) is 5.73 Å². The predicted octanol–water partition coefficient (Wildman–Crippen LogP) is 0.971. The quantitative estimate of drug-likeness (QED) is 0.805. The molecule has 8 heteroatoms.